The number of aromatic amines is 1. The Labute approximate surface area is 203 Å². The number of rotatable bonds is 11. The lowest BCUT2D eigenvalue weighted by Crippen LogP contribution is -2.38. The van der Waals surface area contributed by atoms with E-state index in [4.69, 9.17) is 21.1 Å². The third kappa shape index (κ3) is 5.71. The fourth-order valence-electron chi connectivity index (χ4n) is 3.87. The fraction of sp³-hybridized carbons (Fsp3) is 0.222. The molecule has 0 amide bonds. The highest BCUT2D eigenvalue weighted by Crippen LogP contribution is 2.32. The van der Waals surface area contributed by atoms with Crippen LogP contribution >= 0.6 is 11.6 Å². The lowest BCUT2D eigenvalue weighted by atomic mass is 10.0. The lowest BCUT2D eigenvalue weighted by molar-refractivity contribution is -0.139. The number of H-pyrrole nitrogens is 1. The van der Waals surface area contributed by atoms with Gasteiger partial charge in [-0.15, -0.1) is 0 Å². The predicted octanol–water partition coefficient (Wildman–Crippen LogP) is 5.58. The molecule has 0 radical (unpaired) electrons. The van der Waals surface area contributed by atoms with Gasteiger partial charge in [0.25, 0.3) is 0 Å². The summed E-state index contributed by atoms with van der Waals surface area (Å²) in [6.07, 6.45) is 2.23. The largest absolute Gasteiger partial charge is 0.490 e. The number of carbonyl (C=O) groups is 1. The number of para-hydroxylation sites is 2. The molecule has 1 aromatic heterocycles. The summed E-state index contributed by atoms with van der Waals surface area (Å²) in [5.74, 6) is 0.317. The van der Waals surface area contributed by atoms with Crippen molar-refractivity contribution in [3.63, 3.8) is 0 Å². The molecule has 1 atom stereocenters. The highest BCUT2D eigenvalue weighted by molar-refractivity contribution is 6.30. The Morgan fingerprint density at radius 3 is 2.59 bits per heavy atom. The average Bonchev–Trinajstić information content (AvgIpc) is 3.25. The topological polar surface area (TPSA) is 83.6 Å². The van der Waals surface area contributed by atoms with Gasteiger partial charge in [0.15, 0.2) is 11.5 Å². The molecule has 0 aliphatic heterocycles. The van der Waals surface area contributed by atoms with Gasteiger partial charge in [-0.05, 0) is 42.3 Å². The van der Waals surface area contributed by atoms with Crippen molar-refractivity contribution in [2.75, 3.05) is 6.61 Å². The molecule has 0 aliphatic rings. The third-order valence-corrected chi connectivity index (χ3v) is 5.84. The van der Waals surface area contributed by atoms with Crippen molar-refractivity contribution >= 4 is 28.5 Å². The van der Waals surface area contributed by atoms with E-state index in [2.05, 4.69) is 10.3 Å². The minimum atomic E-state index is -0.908. The molecule has 0 unspecified atom stereocenters. The molecule has 6 nitrogen and oxygen atoms in total. The average molecular weight is 479 g/mol. The Morgan fingerprint density at radius 1 is 1.03 bits per heavy atom. The zero-order chi connectivity index (χ0) is 23.9. The Kier molecular flexibility index (Phi) is 7.72. The number of ether oxygens (including phenoxy) is 2. The molecule has 0 saturated heterocycles. The van der Waals surface area contributed by atoms with Crippen LogP contribution in [0.5, 0.6) is 11.5 Å². The first-order chi connectivity index (χ1) is 16.5. The number of carboxylic acid groups (broad SMARTS) is 1. The maximum atomic E-state index is 12.0. The normalized spacial score (nSPS) is 11.9. The minimum absolute atomic E-state index is 0.316. The monoisotopic (exact) mass is 478 g/mol. The van der Waals surface area contributed by atoms with Crippen LogP contribution in [0.2, 0.25) is 5.02 Å². The van der Waals surface area contributed by atoms with Crippen LogP contribution in [-0.4, -0.2) is 28.7 Å². The summed E-state index contributed by atoms with van der Waals surface area (Å²) in [5, 5.41) is 14.7. The molecule has 34 heavy (non-hydrogen) atoms. The highest BCUT2D eigenvalue weighted by Gasteiger charge is 2.21. The van der Waals surface area contributed by atoms with Gasteiger partial charge in [-0.3, -0.25) is 10.1 Å². The second-order valence-corrected chi connectivity index (χ2v) is 8.36. The SMILES string of the molecule is CCOc1cccc(CN[C@H](Cc2c[nH]c3ccccc23)C(=O)O)c1OCc1ccc(Cl)cc1. The Hall–Kier alpha value is -3.48. The van der Waals surface area contributed by atoms with Crippen molar-refractivity contribution in [1.82, 2.24) is 10.3 Å². The van der Waals surface area contributed by atoms with Crippen molar-refractivity contribution in [1.29, 1.82) is 0 Å². The van der Waals surface area contributed by atoms with E-state index < -0.39 is 12.0 Å². The minimum Gasteiger partial charge on any atom is -0.490 e. The molecule has 3 N–H and O–H groups in total. The maximum absolute atomic E-state index is 12.0. The van der Waals surface area contributed by atoms with Crippen molar-refractivity contribution in [2.45, 2.75) is 32.5 Å². The Bertz CT molecular complexity index is 1250. The summed E-state index contributed by atoms with van der Waals surface area (Å²) in [4.78, 5) is 15.2. The summed E-state index contributed by atoms with van der Waals surface area (Å²) in [5.41, 5.74) is 3.74. The molecule has 3 aromatic carbocycles. The Morgan fingerprint density at radius 2 is 1.82 bits per heavy atom. The number of aromatic nitrogens is 1. The number of carboxylic acids is 1. The molecule has 0 bridgehead atoms. The predicted molar refractivity (Wildman–Crippen MR) is 134 cm³/mol. The number of hydrogen-bond donors (Lipinski definition) is 3. The molecular weight excluding hydrogens is 452 g/mol. The van der Waals surface area contributed by atoms with Gasteiger partial charge < -0.3 is 19.6 Å². The number of nitrogens with one attached hydrogen (secondary N) is 2. The van der Waals surface area contributed by atoms with Crippen molar-refractivity contribution < 1.29 is 19.4 Å². The second-order valence-electron chi connectivity index (χ2n) is 7.93. The zero-order valence-electron chi connectivity index (χ0n) is 18.9. The zero-order valence-corrected chi connectivity index (χ0v) is 19.6. The summed E-state index contributed by atoms with van der Waals surface area (Å²) in [7, 11) is 0. The van der Waals surface area contributed by atoms with E-state index in [0.717, 1.165) is 27.6 Å². The first-order valence-electron chi connectivity index (χ1n) is 11.2. The molecule has 0 aliphatic carbocycles. The lowest BCUT2D eigenvalue weighted by Gasteiger charge is -2.19. The molecule has 0 spiro atoms. The van der Waals surface area contributed by atoms with E-state index in [1.54, 1.807) is 0 Å². The van der Waals surface area contributed by atoms with Gasteiger partial charge in [0.1, 0.15) is 12.6 Å². The fourth-order valence-corrected chi connectivity index (χ4v) is 4.00. The molecule has 7 heteroatoms. The van der Waals surface area contributed by atoms with E-state index in [-0.39, 0.29) is 0 Å². The summed E-state index contributed by atoms with van der Waals surface area (Å²) in [6.45, 7) is 3.06. The van der Waals surface area contributed by atoms with E-state index in [0.29, 0.717) is 42.7 Å². The van der Waals surface area contributed by atoms with Gasteiger partial charge >= 0.3 is 5.97 Å². The van der Waals surface area contributed by atoms with Gasteiger partial charge in [0, 0.05) is 40.7 Å². The number of halogens is 1. The van der Waals surface area contributed by atoms with E-state index in [1.165, 1.54) is 0 Å². The van der Waals surface area contributed by atoms with E-state index in [1.807, 2.05) is 79.9 Å². The van der Waals surface area contributed by atoms with E-state index in [9.17, 15) is 9.90 Å². The Balaban J connectivity index is 1.51. The molecular formula is C27H27ClN2O4. The van der Waals surface area contributed by atoms with Crippen LogP contribution < -0.4 is 14.8 Å². The molecule has 0 saturated carbocycles. The molecule has 4 aromatic rings. The van der Waals surface area contributed by atoms with Crippen LogP contribution in [-0.2, 0) is 24.4 Å². The molecule has 176 valence electrons. The van der Waals surface area contributed by atoms with Gasteiger partial charge in [0.2, 0.25) is 0 Å². The standard InChI is InChI=1S/C27H27ClN2O4/c1-2-33-25-9-5-6-19(26(25)34-17-18-10-12-21(28)13-11-18)15-30-24(27(31)32)14-20-16-29-23-8-4-3-7-22(20)23/h3-13,16,24,29-30H,2,14-15,17H2,1H3,(H,31,32)/t24-/m1/s1. The van der Waals surface area contributed by atoms with Gasteiger partial charge in [-0.2, -0.15) is 0 Å². The van der Waals surface area contributed by atoms with Crippen LogP contribution in [0.4, 0.5) is 0 Å². The number of aliphatic carboxylic acids is 1. The van der Waals surface area contributed by atoms with Gasteiger partial charge in [0.05, 0.1) is 6.61 Å². The highest BCUT2D eigenvalue weighted by atomic mass is 35.5. The molecule has 1 heterocycles. The smallest absolute Gasteiger partial charge is 0.321 e. The second kappa shape index (κ2) is 11.1. The van der Waals surface area contributed by atoms with Crippen molar-refractivity contribution in [3.8, 4) is 11.5 Å². The van der Waals surface area contributed by atoms with Gasteiger partial charge in [-0.1, -0.05) is 54.1 Å². The van der Waals surface area contributed by atoms with Crippen molar-refractivity contribution in [3.05, 3.63) is 94.6 Å². The van der Waals surface area contributed by atoms with Gasteiger partial charge in [-0.25, -0.2) is 0 Å². The first kappa shape index (κ1) is 23.7. The van der Waals surface area contributed by atoms with Crippen LogP contribution in [0.15, 0.2) is 72.9 Å². The number of fused-ring (bicyclic) bond motifs is 1. The van der Waals surface area contributed by atoms with Crippen LogP contribution in [0.3, 0.4) is 0 Å². The quantitative estimate of drug-likeness (QED) is 0.262. The summed E-state index contributed by atoms with van der Waals surface area (Å²) < 4.78 is 11.9. The first-order valence-corrected chi connectivity index (χ1v) is 11.6. The number of benzene rings is 3. The number of hydrogen-bond acceptors (Lipinski definition) is 4. The summed E-state index contributed by atoms with van der Waals surface area (Å²) in [6, 6.07) is 20.2. The van der Waals surface area contributed by atoms with E-state index >= 15 is 0 Å². The maximum Gasteiger partial charge on any atom is 0.321 e. The van der Waals surface area contributed by atoms with Crippen molar-refractivity contribution in [2.24, 2.45) is 0 Å². The molecule has 0 fully saturated rings. The molecule has 4 rings (SSSR count). The van der Waals surface area contributed by atoms with Crippen LogP contribution in [0, 0.1) is 0 Å². The third-order valence-electron chi connectivity index (χ3n) is 5.59. The van der Waals surface area contributed by atoms with Crippen LogP contribution in [0.25, 0.3) is 10.9 Å². The van der Waals surface area contributed by atoms with Crippen LogP contribution in [0.1, 0.15) is 23.6 Å². The summed E-state index contributed by atoms with van der Waals surface area (Å²) >= 11 is 5.98.